The molecule has 0 fully saturated rings. The molecule has 0 aliphatic rings. The van der Waals surface area contributed by atoms with Crippen LogP contribution >= 0.6 is 0 Å². The maximum atomic E-state index is 10.7. The Balaban J connectivity index is 2.45. The molecular formula is C13H12N2O2. The number of benzene rings is 2. The van der Waals surface area contributed by atoms with Crippen molar-refractivity contribution in [3.8, 4) is 11.1 Å². The third kappa shape index (κ3) is 2.42. The molecule has 0 radical (unpaired) electrons. The van der Waals surface area contributed by atoms with Gasteiger partial charge in [-0.15, -0.1) is 0 Å². The monoisotopic (exact) mass is 228 g/mol. The minimum absolute atomic E-state index is 0.109. The number of hydrogen-bond acceptors (Lipinski definition) is 3. The largest absolute Gasteiger partial charge is 0.388 e. The average Bonchev–Trinajstić information content (AvgIpc) is 2.39. The van der Waals surface area contributed by atoms with E-state index in [1.54, 1.807) is 12.1 Å². The van der Waals surface area contributed by atoms with Crippen molar-refractivity contribution in [2.75, 3.05) is 12.4 Å². The lowest BCUT2D eigenvalue weighted by molar-refractivity contribution is -0.384. The molecule has 4 heteroatoms. The van der Waals surface area contributed by atoms with E-state index >= 15 is 0 Å². The molecule has 1 N–H and O–H groups in total. The third-order valence-electron chi connectivity index (χ3n) is 2.54. The van der Waals surface area contributed by atoms with Gasteiger partial charge in [0.25, 0.3) is 5.69 Å². The van der Waals surface area contributed by atoms with Gasteiger partial charge in [0.2, 0.25) is 0 Å². The van der Waals surface area contributed by atoms with Gasteiger partial charge in [0.05, 0.1) is 4.92 Å². The van der Waals surface area contributed by atoms with Crippen molar-refractivity contribution in [1.29, 1.82) is 0 Å². The number of nitrogens with zero attached hydrogens (tertiary/aromatic N) is 1. The van der Waals surface area contributed by atoms with Crippen LogP contribution in [0, 0.1) is 10.1 Å². The lowest BCUT2D eigenvalue weighted by atomic mass is 10.0. The highest BCUT2D eigenvalue weighted by Crippen LogP contribution is 2.25. The van der Waals surface area contributed by atoms with E-state index < -0.39 is 0 Å². The van der Waals surface area contributed by atoms with Gasteiger partial charge in [0.1, 0.15) is 0 Å². The van der Waals surface area contributed by atoms with E-state index in [0.29, 0.717) is 0 Å². The Bertz CT molecular complexity index is 553. The lowest BCUT2D eigenvalue weighted by Crippen LogP contribution is -1.90. The van der Waals surface area contributed by atoms with Gasteiger partial charge in [-0.3, -0.25) is 10.1 Å². The van der Waals surface area contributed by atoms with E-state index in [2.05, 4.69) is 5.32 Å². The highest BCUT2D eigenvalue weighted by Gasteiger charge is 2.06. The van der Waals surface area contributed by atoms with Crippen molar-refractivity contribution in [3.63, 3.8) is 0 Å². The minimum atomic E-state index is -0.384. The molecule has 86 valence electrons. The number of nitrogens with one attached hydrogen (secondary N) is 1. The second-order valence-electron chi connectivity index (χ2n) is 3.64. The molecule has 0 unspecified atom stereocenters. The lowest BCUT2D eigenvalue weighted by Gasteiger charge is -2.04. The van der Waals surface area contributed by atoms with Crippen LogP contribution in [0.5, 0.6) is 0 Å². The summed E-state index contributed by atoms with van der Waals surface area (Å²) in [6, 6.07) is 14.4. The Kier molecular flexibility index (Phi) is 3.05. The predicted octanol–water partition coefficient (Wildman–Crippen LogP) is 3.30. The second kappa shape index (κ2) is 4.65. The summed E-state index contributed by atoms with van der Waals surface area (Å²) in [6.07, 6.45) is 0. The molecule has 0 bridgehead atoms. The SMILES string of the molecule is CNc1cccc(-c2cccc([N+](=O)[O-])c2)c1. The number of hydrogen-bond donors (Lipinski definition) is 1. The van der Waals surface area contributed by atoms with Crippen molar-refractivity contribution in [2.45, 2.75) is 0 Å². The van der Waals surface area contributed by atoms with Crippen LogP contribution < -0.4 is 5.32 Å². The van der Waals surface area contributed by atoms with Gasteiger partial charge < -0.3 is 5.32 Å². The van der Waals surface area contributed by atoms with Crippen LogP contribution in [0.15, 0.2) is 48.5 Å². The molecule has 0 atom stereocenters. The first kappa shape index (κ1) is 11.1. The van der Waals surface area contributed by atoms with Crippen molar-refractivity contribution in [3.05, 3.63) is 58.6 Å². The molecule has 2 aromatic rings. The summed E-state index contributed by atoms with van der Waals surface area (Å²) in [5.74, 6) is 0. The highest BCUT2D eigenvalue weighted by molar-refractivity contribution is 5.69. The van der Waals surface area contributed by atoms with Crippen LogP contribution in [-0.2, 0) is 0 Å². The van der Waals surface area contributed by atoms with Crippen LogP contribution in [0.3, 0.4) is 0 Å². The zero-order valence-electron chi connectivity index (χ0n) is 9.38. The number of rotatable bonds is 3. The Labute approximate surface area is 99.1 Å². The molecule has 0 saturated heterocycles. The molecule has 4 nitrogen and oxygen atoms in total. The molecule has 2 aromatic carbocycles. The fraction of sp³-hybridized carbons (Fsp3) is 0.0769. The van der Waals surface area contributed by atoms with Gasteiger partial charge in [-0.2, -0.15) is 0 Å². The Morgan fingerprint density at radius 2 is 1.71 bits per heavy atom. The first-order chi connectivity index (χ1) is 8.20. The maximum Gasteiger partial charge on any atom is 0.270 e. The number of anilines is 1. The smallest absolute Gasteiger partial charge is 0.270 e. The van der Waals surface area contributed by atoms with Gasteiger partial charge in [-0.25, -0.2) is 0 Å². The summed E-state index contributed by atoms with van der Waals surface area (Å²) in [6.45, 7) is 0. The van der Waals surface area contributed by atoms with Crippen LogP contribution in [0.2, 0.25) is 0 Å². The van der Waals surface area contributed by atoms with E-state index in [9.17, 15) is 10.1 Å². The van der Waals surface area contributed by atoms with Gasteiger partial charge in [0.15, 0.2) is 0 Å². The van der Waals surface area contributed by atoms with Crippen LogP contribution in [-0.4, -0.2) is 12.0 Å². The van der Waals surface area contributed by atoms with E-state index in [1.165, 1.54) is 6.07 Å². The summed E-state index contributed by atoms with van der Waals surface area (Å²) in [5, 5.41) is 13.7. The topological polar surface area (TPSA) is 55.2 Å². The van der Waals surface area contributed by atoms with Crippen molar-refractivity contribution in [1.82, 2.24) is 0 Å². The van der Waals surface area contributed by atoms with Gasteiger partial charge >= 0.3 is 0 Å². The van der Waals surface area contributed by atoms with Gasteiger partial charge in [-0.05, 0) is 23.3 Å². The fourth-order valence-electron chi connectivity index (χ4n) is 1.65. The van der Waals surface area contributed by atoms with E-state index in [4.69, 9.17) is 0 Å². The van der Waals surface area contributed by atoms with Crippen molar-refractivity contribution >= 4 is 11.4 Å². The van der Waals surface area contributed by atoms with Crippen LogP contribution in [0.25, 0.3) is 11.1 Å². The standard InChI is InChI=1S/C13H12N2O2/c1-14-12-6-2-4-10(8-12)11-5-3-7-13(9-11)15(16)17/h2-9,14H,1H3. The first-order valence-electron chi connectivity index (χ1n) is 5.23. The molecule has 0 aromatic heterocycles. The van der Waals surface area contributed by atoms with E-state index in [0.717, 1.165) is 16.8 Å². The molecule has 0 saturated carbocycles. The first-order valence-corrected chi connectivity index (χ1v) is 5.23. The molecule has 0 amide bonds. The highest BCUT2D eigenvalue weighted by atomic mass is 16.6. The summed E-state index contributed by atoms with van der Waals surface area (Å²) in [4.78, 5) is 10.3. The molecule has 17 heavy (non-hydrogen) atoms. The van der Waals surface area contributed by atoms with Crippen LogP contribution in [0.1, 0.15) is 0 Å². The molecule has 0 spiro atoms. The Morgan fingerprint density at radius 3 is 2.35 bits per heavy atom. The second-order valence-corrected chi connectivity index (χ2v) is 3.64. The summed E-state index contributed by atoms with van der Waals surface area (Å²) in [7, 11) is 1.84. The van der Waals surface area contributed by atoms with Crippen LogP contribution in [0.4, 0.5) is 11.4 Å². The molecule has 0 aliphatic carbocycles. The quantitative estimate of drug-likeness (QED) is 0.647. The summed E-state index contributed by atoms with van der Waals surface area (Å²) >= 11 is 0. The zero-order valence-corrected chi connectivity index (χ0v) is 9.38. The number of non-ortho nitro benzene ring substituents is 1. The molecule has 2 rings (SSSR count). The van der Waals surface area contributed by atoms with Gasteiger partial charge in [-0.1, -0.05) is 24.3 Å². The minimum Gasteiger partial charge on any atom is -0.388 e. The molecule has 0 aliphatic heterocycles. The Morgan fingerprint density at radius 1 is 1.06 bits per heavy atom. The predicted molar refractivity (Wildman–Crippen MR) is 68.1 cm³/mol. The number of nitro benzene ring substituents is 1. The zero-order chi connectivity index (χ0) is 12.3. The molecule has 0 heterocycles. The number of nitro groups is 1. The summed E-state index contributed by atoms with van der Waals surface area (Å²) in [5.41, 5.74) is 2.89. The van der Waals surface area contributed by atoms with Gasteiger partial charge in [0, 0.05) is 24.9 Å². The average molecular weight is 228 g/mol. The normalized spacial score (nSPS) is 9.94. The summed E-state index contributed by atoms with van der Waals surface area (Å²) < 4.78 is 0. The van der Waals surface area contributed by atoms with E-state index in [-0.39, 0.29) is 10.6 Å². The third-order valence-corrected chi connectivity index (χ3v) is 2.54. The van der Waals surface area contributed by atoms with E-state index in [1.807, 2.05) is 37.4 Å². The van der Waals surface area contributed by atoms with Crippen molar-refractivity contribution in [2.24, 2.45) is 0 Å². The maximum absolute atomic E-state index is 10.7. The van der Waals surface area contributed by atoms with Crippen molar-refractivity contribution < 1.29 is 4.92 Å². The molecular weight excluding hydrogens is 216 g/mol. The fourth-order valence-corrected chi connectivity index (χ4v) is 1.65. The Hall–Kier alpha value is -2.36.